The Morgan fingerprint density at radius 3 is 2.26 bits per heavy atom. The zero-order valence-corrected chi connectivity index (χ0v) is 11.2. The van der Waals surface area contributed by atoms with Crippen LogP contribution in [-0.2, 0) is 4.79 Å². The SMILES string of the molecule is C=C(C)N1CCN(C(C(=O)O)c2ccccc2)CC1. The van der Waals surface area contributed by atoms with Crippen molar-refractivity contribution in [2.75, 3.05) is 26.2 Å². The molecule has 1 saturated heterocycles. The van der Waals surface area contributed by atoms with Crippen molar-refractivity contribution >= 4 is 5.97 Å². The van der Waals surface area contributed by atoms with Crippen LogP contribution in [-0.4, -0.2) is 47.1 Å². The van der Waals surface area contributed by atoms with E-state index in [1.165, 1.54) is 0 Å². The highest BCUT2D eigenvalue weighted by Gasteiger charge is 2.29. The highest BCUT2D eigenvalue weighted by atomic mass is 16.4. The van der Waals surface area contributed by atoms with Gasteiger partial charge in [0.25, 0.3) is 0 Å². The van der Waals surface area contributed by atoms with Gasteiger partial charge < -0.3 is 10.0 Å². The lowest BCUT2D eigenvalue weighted by atomic mass is 10.0. The van der Waals surface area contributed by atoms with Crippen molar-refractivity contribution in [3.05, 3.63) is 48.2 Å². The molecule has 1 atom stereocenters. The number of allylic oxidation sites excluding steroid dienone is 1. The van der Waals surface area contributed by atoms with Gasteiger partial charge in [-0.2, -0.15) is 0 Å². The summed E-state index contributed by atoms with van der Waals surface area (Å²) >= 11 is 0. The Kier molecular flexibility index (Phi) is 4.22. The van der Waals surface area contributed by atoms with Gasteiger partial charge in [0.2, 0.25) is 0 Å². The molecule has 2 rings (SSSR count). The molecule has 0 saturated carbocycles. The van der Waals surface area contributed by atoms with Crippen molar-refractivity contribution in [1.29, 1.82) is 0 Å². The van der Waals surface area contributed by atoms with Gasteiger partial charge in [0, 0.05) is 31.9 Å². The van der Waals surface area contributed by atoms with Crippen LogP contribution in [0.4, 0.5) is 0 Å². The summed E-state index contributed by atoms with van der Waals surface area (Å²) in [4.78, 5) is 15.8. The van der Waals surface area contributed by atoms with Crippen LogP contribution in [0.25, 0.3) is 0 Å². The van der Waals surface area contributed by atoms with Crippen molar-refractivity contribution in [3.63, 3.8) is 0 Å². The molecule has 1 fully saturated rings. The fourth-order valence-corrected chi connectivity index (χ4v) is 2.51. The predicted octanol–water partition coefficient (Wildman–Crippen LogP) is 1.96. The molecule has 0 aromatic heterocycles. The summed E-state index contributed by atoms with van der Waals surface area (Å²) < 4.78 is 0. The Balaban J connectivity index is 2.10. The molecule has 1 unspecified atom stereocenters. The molecule has 0 spiro atoms. The number of rotatable bonds is 4. The molecule has 1 N–H and O–H groups in total. The number of hydrogen-bond donors (Lipinski definition) is 1. The van der Waals surface area contributed by atoms with Gasteiger partial charge in [0.05, 0.1) is 0 Å². The molecule has 19 heavy (non-hydrogen) atoms. The van der Waals surface area contributed by atoms with E-state index in [0.29, 0.717) is 0 Å². The van der Waals surface area contributed by atoms with Crippen molar-refractivity contribution in [2.24, 2.45) is 0 Å². The van der Waals surface area contributed by atoms with E-state index in [4.69, 9.17) is 0 Å². The number of nitrogens with zero attached hydrogens (tertiary/aromatic N) is 2. The summed E-state index contributed by atoms with van der Waals surface area (Å²) in [6.45, 7) is 9.10. The lowest BCUT2D eigenvalue weighted by Gasteiger charge is -2.39. The monoisotopic (exact) mass is 260 g/mol. The summed E-state index contributed by atoms with van der Waals surface area (Å²) in [6, 6.07) is 8.88. The Morgan fingerprint density at radius 1 is 1.21 bits per heavy atom. The lowest BCUT2D eigenvalue weighted by Crippen LogP contribution is -2.48. The molecule has 1 aromatic rings. The first-order valence-corrected chi connectivity index (χ1v) is 6.52. The standard InChI is InChI=1S/C15H20N2O2/c1-12(2)16-8-10-17(11-9-16)14(15(18)19)13-6-4-3-5-7-13/h3-7,14H,1,8-11H2,2H3,(H,18,19). The van der Waals surface area contributed by atoms with E-state index in [2.05, 4.69) is 11.5 Å². The molecule has 0 amide bonds. The minimum absolute atomic E-state index is 0.548. The van der Waals surface area contributed by atoms with Gasteiger partial charge in [0.15, 0.2) is 0 Å². The number of carboxylic acid groups (broad SMARTS) is 1. The quantitative estimate of drug-likeness (QED) is 0.899. The maximum atomic E-state index is 11.5. The molecule has 4 heteroatoms. The summed E-state index contributed by atoms with van der Waals surface area (Å²) in [6.07, 6.45) is 0. The van der Waals surface area contributed by atoms with E-state index >= 15 is 0 Å². The van der Waals surface area contributed by atoms with Gasteiger partial charge in [-0.05, 0) is 12.5 Å². The Hall–Kier alpha value is -1.81. The van der Waals surface area contributed by atoms with Gasteiger partial charge in [-0.25, -0.2) is 0 Å². The topological polar surface area (TPSA) is 43.8 Å². The molecule has 1 aromatic carbocycles. The second-order valence-electron chi connectivity index (χ2n) is 4.91. The fraction of sp³-hybridized carbons (Fsp3) is 0.400. The summed E-state index contributed by atoms with van der Waals surface area (Å²) in [5, 5.41) is 9.48. The van der Waals surface area contributed by atoms with Crippen LogP contribution in [0.3, 0.4) is 0 Å². The summed E-state index contributed by atoms with van der Waals surface area (Å²) in [5.74, 6) is -0.782. The molecule has 1 heterocycles. The van der Waals surface area contributed by atoms with Crippen LogP contribution < -0.4 is 0 Å². The average molecular weight is 260 g/mol. The van der Waals surface area contributed by atoms with E-state index in [9.17, 15) is 9.90 Å². The Morgan fingerprint density at radius 2 is 1.79 bits per heavy atom. The van der Waals surface area contributed by atoms with E-state index in [1.54, 1.807) is 0 Å². The third-order valence-corrected chi connectivity index (χ3v) is 3.57. The van der Waals surface area contributed by atoms with Gasteiger partial charge in [-0.15, -0.1) is 0 Å². The molecule has 0 bridgehead atoms. The number of carboxylic acids is 1. The maximum Gasteiger partial charge on any atom is 0.325 e. The molecule has 1 aliphatic heterocycles. The molecular formula is C15H20N2O2. The van der Waals surface area contributed by atoms with Crippen LogP contribution in [0.2, 0.25) is 0 Å². The number of aliphatic carboxylic acids is 1. The van der Waals surface area contributed by atoms with Crippen LogP contribution >= 0.6 is 0 Å². The van der Waals surface area contributed by atoms with Crippen LogP contribution in [0.15, 0.2) is 42.6 Å². The zero-order chi connectivity index (χ0) is 13.8. The van der Waals surface area contributed by atoms with E-state index in [-0.39, 0.29) is 0 Å². The van der Waals surface area contributed by atoms with Crippen molar-refractivity contribution in [2.45, 2.75) is 13.0 Å². The first-order chi connectivity index (χ1) is 9.09. The Labute approximate surface area is 113 Å². The smallest absolute Gasteiger partial charge is 0.325 e. The Bertz CT molecular complexity index is 450. The van der Waals surface area contributed by atoms with E-state index < -0.39 is 12.0 Å². The van der Waals surface area contributed by atoms with Gasteiger partial charge >= 0.3 is 5.97 Å². The van der Waals surface area contributed by atoms with Gasteiger partial charge in [-0.1, -0.05) is 36.9 Å². The maximum absolute atomic E-state index is 11.5. The minimum atomic E-state index is -0.782. The highest BCUT2D eigenvalue weighted by Crippen LogP contribution is 2.23. The number of hydrogen-bond acceptors (Lipinski definition) is 3. The minimum Gasteiger partial charge on any atom is -0.480 e. The molecule has 4 nitrogen and oxygen atoms in total. The number of carbonyl (C=O) groups is 1. The third kappa shape index (κ3) is 3.15. The van der Waals surface area contributed by atoms with Gasteiger partial charge in [0.1, 0.15) is 6.04 Å². The van der Waals surface area contributed by atoms with Crippen LogP contribution in [0, 0.1) is 0 Å². The largest absolute Gasteiger partial charge is 0.480 e. The second kappa shape index (κ2) is 5.89. The highest BCUT2D eigenvalue weighted by molar-refractivity contribution is 5.75. The number of piperazine rings is 1. The molecule has 0 radical (unpaired) electrons. The van der Waals surface area contributed by atoms with E-state index in [1.807, 2.05) is 42.2 Å². The normalized spacial score (nSPS) is 18.1. The van der Waals surface area contributed by atoms with E-state index in [0.717, 1.165) is 37.4 Å². The van der Waals surface area contributed by atoms with Crippen LogP contribution in [0.5, 0.6) is 0 Å². The molecular weight excluding hydrogens is 240 g/mol. The molecule has 0 aliphatic carbocycles. The predicted molar refractivity (Wildman–Crippen MR) is 74.8 cm³/mol. The second-order valence-corrected chi connectivity index (χ2v) is 4.91. The lowest BCUT2D eigenvalue weighted by molar-refractivity contribution is -0.144. The first-order valence-electron chi connectivity index (χ1n) is 6.52. The van der Waals surface area contributed by atoms with Crippen molar-refractivity contribution < 1.29 is 9.90 Å². The third-order valence-electron chi connectivity index (χ3n) is 3.57. The molecule has 102 valence electrons. The summed E-state index contributed by atoms with van der Waals surface area (Å²) in [5.41, 5.74) is 1.89. The zero-order valence-electron chi connectivity index (χ0n) is 11.2. The van der Waals surface area contributed by atoms with Gasteiger partial charge in [-0.3, -0.25) is 9.69 Å². The summed E-state index contributed by atoms with van der Waals surface area (Å²) in [7, 11) is 0. The fourth-order valence-electron chi connectivity index (χ4n) is 2.51. The van der Waals surface area contributed by atoms with Crippen molar-refractivity contribution in [3.8, 4) is 0 Å². The van der Waals surface area contributed by atoms with Crippen molar-refractivity contribution in [1.82, 2.24) is 9.80 Å². The van der Waals surface area contributed by atoms with Crippen LogP contribution in [0.1, 0.15) is 18.5 Å². The molecule has 1 aliphatic rings. The average Bonchev–Trinajstić information content (AvgIpc) is 2.40. The number of benzene rings is 1. The first kappa shape index (κ1) is 13.6.